The van der Waals surface area contributed by atoms with Gasteiger partial charge in [-0.15, -0.1) is 0 Å². The van der Waals surface area contributed by atoms with Gasteiger partial charge >= 0.3 is 5.97 Å². The van der Waals surface area contributed by atoms with Crippen LogP contribution in [0, 0.1) is 10.7 Å². The number of nitrogens with two attached hydrogens (primary N) is 2. The minimum atomic E-state index is -0.603. The number of esters is 1. The standard InChI is InChI=1S/C13H13I3N2O4/c1-5(19)22-4-2-3-6-9(14)7(12(17)20)11(16)8(10(6)15)13(18)21/h2-4H2,1H3,(H2,17,20)(H2,18,21). The van der Waals surface area contributed by atoms with E-state index in [9.17, 15) is 14.4 Å². The molecule has 0 saturated carbocycles. The summed E-state index contributed by atoms with van der Waals surface area (Å²) < 4.78 is 6.76. The lowest BCUT2D eigenvalue weighted by atomic mass is 10.0. The van der Waals surface area contributed by atoms with Crippen LogP contribution >= 0.6 is 67.8 Å². The highest BCUT2D eigenvalue weighted by Crippen LogP contribution is 2.32. The number of halogens is 3. The molecule has 0 aliphatic heterocycles. The van der Waals surface area contributed by atoms with Crippen LogP contribution in [0.3, 0.4) is 0 Å². The molecule has 0 spiro atoms. The minimum Gasteiger partial charge on any atom is -0.466 e. The molecule has 0 bridgehead atoms. The maximum Gasteiger partial charge on any atom is 0.302 e. The highest BCUT2D eigenvalue weighted by atomic mass is 127. The van der Waals surface area contributed by atoms with E-state index in [-0.39, 0.29) is 12.6 Å². The summed E-state index contributed by atoms with van der Waals surface area (Å²) in [6, 6.07) is 0. The van der Waals surface area contributed by atoms with Gasteiger partial charge in [0.25, 0.3) is 11.8 Å². The summed E-state index contributed by atoms with van der Waals surface area (Å²) in [6.07, 6.45) is 1.11. The van der Waals surface area contributed by atoms with Gasteiger partial charge in [-0.25, -0.2) is 0 Å². The zero-order valence-corrected chi connectivity index (χ0v) is 18.0. The second-order valence-corrected chi connectivity index (χ2v) is 7.58. The third-order valence-electron chi connectivity index (χ3n) is 2.78. The summed E-state index contributed by atoms with van der Waals surface area (Å²) in [5.74, 6) is -1.55. The Hall–Kier alpha value is -0.180. The van der Waals surface area contributed by atoms with Gasteiger partial charge in [-0.2, -0.15) is 0 Å². The van der Waals surface area contributed by atoms with Gasteiger partial charge in [0.1, 0.15) is 0 Å². The predicted molar refractivity (Wildman–Crippen MR) is 107 cm³/mol. The van der Waals surface area contributed by atoms with Crippen LogP contribution in [-0.2, 0) is 16.0 Å². The van der Waals surface area contributed by atoms with Gasteiger partial charge in [0.2, 0.25) is 0 Å². The normalized spacial score (nSPS) is 10.4. The highest BCUT2D eigenvalue weighted by Gasteiger charge is 2.25. The quantitative estimate of drug-likeness (QED) is 0.282. The molecule has 120 valence electrons. The minimum absolute atomic E-state index is 0.269. The van der Waals surface area contributed by atoms with E-state index in [1.807, 2.05) is 67.8 Å². The third kappa shape index (κ3) is 4.66. The fourth-order valence-electron chi connectivity index (χ4n) is 1.83. The van der Waals surface area contributed by atoms with E-state index in [0.29, 0.717) is 34.7 Å². The number of hydrogen-bond donors (Lipinski definition) is 2. The monoisotopic (exact) mass is 642 g/mol. The van der Waals surface area contributed by atoms with E-state index >= 15 is 0 Å². The van der Waals surface area contributed by atoms with Crippen LogP contribution in [0.5, 0.6) is 0 Å². The Balaban J connectivity index is 3.28. The van der Waals surface area contributed by atoms with Gasteiger partial charge in [-0.05, 0) is 86.2 Å². The molecule has 1 aromatic carbocycles. The number of primary amides is 2. The molecule has 22 heavy (non-hydrogen) atoms. The SMILES string of the molecule is CC(=O)OCCCc1c(I)c(C(N)=O)c(I)c(C(N)=O)c1I. The van der Waals surface area contributed by atoms with Crippen molar-refractivity contribution >= 4 is 85.6 Å². The summed E-state index contributed by atoms with van der Waals surface area (Å²) in [6.45, 7) is 1.61. The van der Waals surface area contributed by atoms with Crippen molar-refractivity contribution in [2.45, 2.75) is 19.8 Å². The molecule has 0 aromatic heterocycles. The first kappa shape index (κ1) is 19.9. The fourth-order valence-corrected chi connectivity index (χ4v) is 6.60. The van der Waals surface area contributed by atoms with Crippen molar-refractivity contribution in [1.29, 1.82) is 0 Å². The number of rotatable bonds is 6. The molecule has 0 saturated heterocycles. The Morgan fingerprint density at radius 3 is 1.77 bits per heavy atom. The molecular weight excluding hydrogens is 629 g/mol. The number of benzene rings is 1. The van der Waals surface area contributed by atoms with Crippen molar-refractivity contribution in [3.8, 4) is 0 Å². The molecule has 4 N–H and O–H groups in total. The largest absolute Gasteiger partial charge is 0.466 e. The Kier molecular flexibility index (Phi) is 7.78. The van der Waals surface area contributed by atoms with Crippen molar-refractivity contribution in [3.63, 3.8) is 0 Å². The summed E-state index contributed by atoms with van der Waals surface area (Å²) in [7, 11) is 0. The summed E-state index contributed by atoms with van der Waals surface area (Å²) >= 11 is 6.00. The number of carbonyl (C=O) groups is 3. The van der Waals surface area contributed by atoms with E-state index in [0.717, 1.165) is 5.56 Å². The maximum atomic E-state index is 11.7. The first-order valence-electron chi connectivity index (χ1n) is 6.10. The van der Waals surface area contributed by atoms with Crippen LogP contribution in [0.15, 0.2) is 0 Å². The number of hydrogen-bond acceptors (Lipinski definition) is 4. The maximum absolute atomic E-state index is 11.7. The number of carbonyl (C=O) groups excluding carboxylic acids is 3. The topological polar surface area (TPSA) is 112 Å². The molecule has 0 fully saturated rings. The van der Waals surface area contributed by atoms with Crippen molar-refractivity contribution in [2.75, 3.05) is 6.61 Å². The van der Waals surface area contributed by atoms with Crippen LogP contribution in [-0.4, -0.2) is 24.4 Å². The lowest BCUT2D eigenvalue weighted by Crippen LogP contribution is -2.23. The van der Waals surface area contributed by atoms with Crippen molar-refractivity contribution in [2.24, 2.45) is 11.5 Å². The molecule has 0 aliphatic carbocycles. The van der Waals surface area contributed by atoms with Crippen LogP contribution in [0.4, 0.5) is 0 Å². The van der Waals surface area contributed by atoms with E-state index < -0.39 is 11.8 Å². The zero-order valence-electron chi connectivity index (χ0n) is 11.5. The molecule has 0 unspecified atom stereocenters. The number of amides is 2. The van der Waals surface area contributed by atoms with Gasteiger partial charge < -0.3 is 16.2 Å². The lowest BCUT2D eigenvalue weighted by Gasteiger charge is -2.16. The highest BCUT2D eigenvalue weighted by molar-refractivity contribution is 14.1. The Morgan fingerprint density at radius 2 is 1.41 bits per heavy atom. The second-order valence-electron chi connectivity index (χ2n) is 4.34. The van der Waals surface area contributed by atoms with Crippen molar-refractivity contribution in [3.05, 3.63) is 27.4 Å². The molecule has 1 aromatic rings. The molecule has 0 aliphatic rings. The van der Waals surface area contributed by atoms with Crippen LogP contribution < -0.4 is 11.5 Å². The van der Waals surface area contributed by atoms with Crippen LogP contribution in [0.1, 0.15) is 39.6 Å². The Labute approximate surface area is 168 Å². The fraction of sp³-hybridized carbons (Fsp3) is 0.308. The molecule has 0 atom stereocenters. The molecule has 2 amide bonds. The Bertz CT molecular complexity index is 606. The lowest BCUT2D eigenvalue weighted by molar-refractivity contribution is -0.141. The van der Waals surface area contributed by atoms with E-state index in [1.165, 1.54) is 6.92 Å². The molecule has 6 nitrogen and oxygen atoms in total. The first-order chi connectivity index (χ1) is 10.2. The Morgan fingerprint density at radius 1 is 0.955 bits per heavy atom. The van der Waals surface area contributed by atoms with Gasteiger partial charge in [0, 0.05) is 17.6 Å². The van der Waals surface area contributed by atoms with Gasteiger partial charge in [0.05, 0.1) is 17.7 Å². The molecule has 1 rings (SSSR count). The molecule has 0 heterocycles. The molecule has 9 heteroatoms. The van der Waals surface area contributed by atoms with E-state index in [2.05, 4.69) is 0 Å². The van der Waals surface area contributed by atoms with E-state index in [1.54, 1.807) is 0 Å². The van der Waals surface area contributed by atoms with Gasteiger partial charge in [-0.1, -0.05) is 0 Å². The van der Waals surface area contributed by atoms with Gasteiger partial charge in [-0.3, -0.25) is 14.4 Å². The van der Waals surface area contributed by atoms with Gasteiger partial charge in [0.15, 0.2) is 0 Å². The molecule has 0 radical (unpaired) electrons. The number of ether oxygens (including phenoxy) is 1. The van der Waals surface area contributed by atoms with Crippen molar-refractivity contribution < 1.29 is 19.1 Å². The van der Waals surface area contributed by atoms with Crippen LogP contribution in [0.2, 0.25) is 0 Å². The summed E-state index contributed by atoms with van der Waals surface area (Å²) in [4.78, 5) is 34.1. The first-order valence-corrected chi connectivity index (χ1v) is 9.34. The van der Waals surface area contributed by atoms with Crippen LogP contribution in [0.25, 0.3) is 0 Å². The average Bonchev–Trinajstić information content (AvgIpc) is 2.36. The summed E-state index contributed by atoms with van der Waals surface area (Å²) in [5.41, 5.74) is 12.3. The average molecular weight is 642 g/mol. The third-order valence-corrected chi connectivity index (χ3v) is 6.24. The molecular formula is C13H13I3N2O4. The summed E-state index contributed by atoms with van der Waals surface area (Å²) in [5, 5.41) is 0. The second kappa shape index (κ2) is 8.61. The predicted octanol–water partition coefficient (Wildman–Crippen LogP) is 2.19. The smallest absolute Gasteiger partial charge is 0.302 e. The van der Waals surface area contributed by atoms with Crippen molar-refractivity contribution in [1.82, 2.24) is 0 Å². The van der Waals surface area contributed by atoms with E-state index in [4.69, 9.17) is 16.2 Å². The zero-order chi connectivity index (χ0) is 17.0.